The van der Waals surface area contributed by atoms with Gasteiger partial charge in [0, 0.05) is 12.0 Å². The summed E-state index contributed by atoms with van der Waals surface area (Å²) in [4.78, 5) is 9.60. The van der Waals surface area contributed by atoms with Crippen LogP contribution in [-0.4, -0.2) is 52.0 Å². The third-order valence-corrected chi connectivity index (χ3v) is 1.88. The molecule has 0 aliphatic rings. The third kappa shape index (κ3) is 6.76. The van der Waals surface area contributed by atoms with Gasteiger partial charge in [-0.3, -0.25) is 0 Å². The Morgan fingerprint density at radius 1 is 1.14 bits per heavy atom. The number of carboxylic acid groups (broad SMARTS) is 1. The summed E-state index contributed by atoms with van der Waals surface area (Å²) >= 11 is 0. The molecule has 0 spiro atoms. The van der Waals surface area contributed by atoms with Gasteiger partial charge in [0.15, 0.2) is 0 Å². The van der Waals surface area contributed by atoms with Crippen molar-refractivity contribution in [1.82, 2.24) is 0 Å². The molecule has 4 nitrogen and oxygen atoms in total. The third-order valence-electron chi connectivity index (χ3n) is 1.88. The van der Waals surface area contributed by atoms with E-state index in [1.807, 2.05) is 0 Å². The lowest BCUT2D eigenvalue weighted by Crippen LogP contribution is -2.53. The van der Waals surface area contributed by atoms with Crippen LogP contribution in [0.25, 0.3) is 0 Å². The average Bonchev–Trinajstić information content (AvgIpc) is 2.27. The average molecular weight is 330 g/mol. The molecule has 0 bridgehead atoms. The highest BCUT2D eigenvalue weighted by Crippen LogP contribution is 2.48. The van der Waals surface area contributed by atoms with Crippen LogP contribution < -0.4 is 0 Å². The number of aliphatic hydroxyl groups excluding tert-OH is 2. The molecule has 0 aromatic rings. The van der Waals surface area contributed by atoms with Gasteiger partial charge in [0.25, 0.3) is 0 Å². The van der Waals surface area contributed by atoms with Crippen LogP contribution in [0.3, 0.4) is 0 Å². The van der Waals surface area contributed by atoms with Crippen LogP contribution in [0.5, 0.6) is 0 Å². The first-order chi connectivity index (χ1) is 9.10. The molecule has 0 radical (unpaired) electrons. The first-order valence-electron chi connectivity index (χ1n) is 5.10. The minimum atomic E-state index is -6.41. The predicted molar refractivity (Wildman–Crippen MR) is 56.1 cm³/mol. The molecule has 1 unspecified atom stereocenters. The van der Waals surface area contributed by atoms with Crippen molar-refractivity contribution in [2.75, 3.05) is 6.61 Å². The highest BCUT2D eigenvalue weighted by molar-refractivity contribution is 5.84. The van der Waals surface area contributed by atoms with E-state index in [1.54, 1.807) is 0 Å². The first-order valence-corrected chi connectivity index (χ1v) is 5.10. The Bertz CT molecular complexity index is 353. The number of hydrogen-bond donors (Lipinski definition) is 3. The van der Waals surface area contributed by atoms with Gasteiger partial charge in [-0.15, -0.1) is 0 Å². The SMILES string of the molecule is C=C(C)C(=O)O.OCC(O)CC(F)(F)C(F)(F)C(F)(F)F. The fraction of sp³-hybridized carbons (Fsp3) is 0.700. The largest absolute Gasteiger partial charge is 0.478 e. The van der Waals surface area contributed by atoms with Crippen molar-refractivity contribution in [1.29, 1.82) is 0 Å². The number of aliphatic carboxylic acids is 1. The Kier molecular flexibility index (Phi) is 7.93. The molecule has 1 atom stereocenters. The smallest absolute Gasteiger partial charge is 0.459 e. The quantitative estimate of drug-likeness (QED) is 0.533. The van der Waals surface area contributed by atoms with Crippen molar-refractivity contribution in [3.05, 3.63) is 12.2 Å². The van der Waals surface area contributed by atoms with Crippen molar-refractivity contribution >= 4 is 5.97 Å². The molecule has 0 fully saturated rings. The Morgan fingerprint density at radius 2 is 1.48 bits per heavy atom. The number of hydrogen-bond acceptors (Lipinski definition) is 3. The lowest BCUT2D eigenvalue weighted by molar-refractivity contribution is -0.358. The lowest BCUT2D eigenvalue weighted by atomic mass is 10.0. The van der Waals surface area contributed by atoms with Crippen molar-refractivity contribution in [3.8, 4) is 0 Å². The maximum Gasteiger partial charge on any atom is 0.459 e. The van der Waals surface area contributed by atoms with Crippen LogP contribution in [0.2, 0.25) is 0 Å². The van der Waals surface area contributed by atoms with E-state index in [2.05, 4.69) is 6.58 Å². The van der Waals surface area contributed by atoms with E-state index >= 15 is 0 Å². The van der Waals surface area contributed by atoms with Crippen molar-refractivity contribution in [2.24, 2.45) is 0 Å². The monoisotopic (exact) mass is 330 g/mol. The second-order valence-corrected chi connectivity index (χ2v) is 3.90. The number of aliphatic hydroxyl groups is 2. The first kappa shape index (κ1) is 21.9. The van der Waals surface area contributed by atoms with Crippen LogP contribution in [-0.2, 0) is 4.79 Å². The summed E-state index contributed by atoms with van der Waals surface area (Å²) in [6.45, 7) is 3.27. The number of carbonyl (C=O) groups is 1. The van der Waals surface area contributed by atoms with Gasteiger partial charge < -0.3 is 15.3 Å². The maximum atomic E-state index is 12.4. The van der Waals surface area contributed by atoms with Gasteiger partial charge in [-0.2, -0.15) is 30.7 Å². The van der Waals surface area contributed by atoms with Gasteiger partial charge in [-0.05, 0) is 6.92 Å². The number of alkyl halides is 7. The molecule has 0 aromatic heterocycles. The summed E-state index contributed by atoms with van der Waals surface area (Å²) in [6, 6.07) is 0. The van der Waals surface area contributed by atoms with Crippen LogP contribution in [0.1, 0.15) is 13.3 Å². The molecule has 0 heterocycles. The minimum Gasteiger partial charge on any atom is -0.478 e. The zero-order chi connectivity index (χ0) is 17.6. The fourth-order valence-electron chi connectivity index (χ4n) is 0.696. The molecule has 11 heteroatoms. The number of halogens is 7. The molecule has 0 saturated heterocycles. The standard InChI is InChI=1S/C6H7F7O2.C4H6O2/c7-4(8,1-3(15)2-14)5(9,10)6(11,12)13;1-3(2)4(5)6/h3,14-15H,1-2H2;1H2,2H3,(H,5,6). The fourth-order valence-corrected chi connectivity index (χ4v) is 0.696. The van der Waals surface area contributed by atoms with E-state index in [0.717, 1.165) is 0 Å². The molecule has 0 aliphatic heterocycles. The molecule has 126 valence electrons. The normalized spacial score (nSPS) is 14.0. The highest BCUT2D eigenvalue weighted by Gasteiger charge is 2.72. The van der Waals surface area contributed by atoms with Gasteiger partial charge in [-0.25, -0.2) is 4.79 Å². The summed E-state index contributed by atoms with van der Waals surface area (Å²) in [5.41, 5.74) is 0.176. The van der Waals surface area contributed by atoms with Crippen LogP contribution in [0.15, 0.2) is 12.2 Å². The summed E-state index contributed by atoms with van der Waals surface area (Å²) in [6.07, 6.45) is -10.9. The van der Waals surface area contributed by atoms with Crippen molar-refractivity contribution in [2.45, 2.75) is 37.5 Å². The van der Waals surface area contributed by atoms with E-state index in [1.165, 1.54) is 6.92 Å². The van der Waals surface area contributed by atoms with Gasteiger partial charge in [0.2, 0.25) is 0 Å². The van der Waals surface area contributed by atoms with Gasteiger partial charge in [0.1, 0.15) is 0 Å². The summed E-state index contributed by atoms with van der Waals surface area (Å²) in [5.74, 6) is -12.6. The second kappa shape index (κ2) is 7.59. The van der Waals surface area contributed by atoms with Crippen LogP contribution in [0.4, 0.5) is 30.7 Å². The molecule has 0 aliphatic carbocycles. The molecule has 3 N–H and O–H groups in total. The number of rotatable bonds is 5. The Hall–Kier alpha value is -1.36. The molecule has 0 rings (SSSR count). The zero-order valence-electron chi connectivity index (χ0n) is 10.6. The van der Waals surface area contributed by atoms with Crippen molar-refractivity contribution in [3.63, 3.8) is 0 Å². The molecular formula is C10H13F7O4. The van der Waals surface area contributed by atoms with E-state index in [9.17, 15) is 35.5 Å². The summed E-state index contributed by atoms with van der Waals surface area (Å²) in [5, 5.41) is 24.3. The Balaban J connectivity index is 0. The second-order valence-electron chi connectivity index (χ2n) is 3.90. The zero-order valence-corrected chi connectivity index (χ0v) is 10.6. The maximum absolute atomic E-state index is 12.4. The lowest BCUT2D eigenvalue weighted by Gasteiger charge is -2.29. The highest BCUT2D eigenvalue weighted by atomic mass is 19.4. The summed E-state index contributed by atoms with van der Waals surface area (Å²) in [7, 11) is 0. The Morgan fingerprint density at radius 3 is 1.67 bits per heavy atom. The van der Waals surface area contributed by atoms with E-state index < -0.39 is 43.1 Å². The molecule has 0 amide bonds. The molecular weight excluding hydrogens is 317 g/mol. The molecule has 21 heavy (non-hydrogen) atoms. The van der Waals surface area contributed by atoms with E-state index in [4.69, 9.17) is 15.3 Å². The molecule has 0 saturated carbocycles. The van der Waals surface area contributed by atoms with E-state index in [0.29, 0.717) is 0 Å². The van der Waals surface area contributed by atoms with Crippen LogP contribution in [0, 0.1) is 0 Å². The van der Waals surface area contributed by atoms with Gasteiger partial charge in [-0.1, -0.05) is 6.58 Å². The van der Waals surface area contributed by atoms with Crippen molar-refractivity contribution < 1.29 is 50.8 Å². The summed E-state index contributed by atoms with van der Waals surface area (Å²) < 4.78 is 83.6. The van der Waals surface area contributed by atoms with E-state index in [-0.39, 0.29) is 5.57 Å². The van der Waals surface area contributed by atoms with Gasteiger partial charge in [0.05, 0.1) is 12.7 Å². The minimum absolute atomic E-state index is 0.176. The topological polar surface area (TPSA) is 77.8 Å². The molecule has 0 aromatic carbocycles. The van der Waals surface area contributed by atoms with Gasteiger partial charge >= 0.3 is 24.0 Å². The van der Waals surface area contributed by atoms with Crippen LogP contribution >= 0.6 is 0 Å². The number of carboxylic acids is 1. The predicted octanol–water partition coefficient (Wildman–Crippen LogP) is 2.21. The Labute approximate surface area is 114 Å².